The average molecular weight is 341 g/mol. The van der Waals surface area contributed by atoms with Crippen molar-refractivity contribution in [3.8, 4) is 0 Å². The number of nitrogens with zero attached hydrogens (tertiary/aromatic N) is 3. The summed E-state index contributed by atoms with van der Waals surface area (Å²) in [6.07, 6.45) is 5.67. The minimum Gasteiger partial charge on any atom is -0.431 e. The number of esters is 1. The first-order chi connectivity index (χ1) is 12.1. The lowest BCUT2D eigenvalue weighted by molar-refractivity contribution is -0.162. The molecule has 0 radical (unpaired) electrons. The Morgan fingerprint density at radius 1 is 1.20 bits per heavy atom. The maximum absolute atomic E-state index is 12.9. The highest BCUT2D eigenvalue weighted by molar-refractivity contribution is 5.86. The predicted octanol–water partition coefficient (Wildman–Crippen LogP) is 3.03. The number of ether oxygens (including phenoxy) is 1. The van der Waals surface area contributed by atoms with Crippen LogP contribution >= 0.6 is 0 Å². The number of benzene rings is 1. The molecule has 1 amide bonds. The van der Waals surface area contributed by atoms with Crippen molar-refractivity contribution in [3.63, 3.8) is 0 Å². The molecule has 0 aromatic heterocycles. The molecule has 0 bridgehead atoms. The van der Waals surface area contributed by atoms with Crippen LogP contribution in [0.15, 0.2) is 40.6 Å². The maximum Gasteiger partial charge on any atom is 0.305 e. The van der Waals surface area contributed by atoms with Gasteiger partial charge in [-0.3, -0.25) is 9.59 Å². The molecule has 1 saturated carbocycles. The Morgan fingerprint density at radius 3 is 2.60 bits per heavy atom. The van der Waals surface area contributed by atoms with Crippen LogP contribution in [0.4, 0.5) is 0 Å². The first kappa shape index (κ1) is 16.2. The molecule has 3 aliphatic rings. The predicted molar refractivity (Wildman–Crippen MR) is 90.6 cm³/mol. The fourth-order valence-corrected chi connectivity index (χ4v) is 4.48. The third-order valence-corrected chi connectivity index (χ3v) is 5.65. The first-order valence-electron chi connectivity index (χ1n) is 9.09. The highest BCUT2D eigenvalue weighted by Crippen LogP contribution is 2.48. The molecule has 2 aliphatic heterocycles. The van der Waals surface area contributed by atoms with Crippen LogP contribution in [0.2, 0.25) is 0 Å². The number of fused-ring (bicyclic) bond motifs is 1. The van der Waals surface area contributed by atoms with Crippen LogP contribution in [-0.4, -0.2) is 35.4 Å². The molecule has 3 atom stereocenters. The molecule has 0 spiro atoms. The largest absolute Gasteiger partial charge is 0.431 e. The number of carbonyl (C=O) groups is 2. The maximum atomic E-state index is 12.9. The Hall–Kier alpha value is -2.24. The molecule has 2 heterocycles. The number of azo groups is 1. The summed E-state index contributed by atoms with van der Waals surface area (Å²) in [7, 11) is 0. The molecule has 6 nitrogen and oxygen atoms in total. The van der Waals surface area contributed by atoms with Crippen molar-refractivity contribution in [2.24, 2.45) is 16.1 Å². The van der Waals surface area contributed by atoms with Crippen LogP contribution in [0.5, 0.6) is 0 Å². The molecule has 1 aromatic rings. The highest BCUT2D eigenvalue weighted by Gasteiger charge is 2.60. The van der Waals surface area contributed by atoms with Crippen molar-refractivity contribution < 1.29 is 14.3 Å². The molecular weight excluding hydrogens is 318 g/mol. The van der Waals surface area contributed by atoms with Crippen molar-refractivity contribution in [1.82, 2.24) is 4.90 Å². The van der Waals surface area contributed by atoms with E-state index in [4.69, 9.17) is 4.74 Å². The lowest BCUT2D eigenvalue weighted by Gasteiger charge is -2.34. The second-order valence-electron chi connectivity index (χ2n) is 7.21. The summed E-state index contributed by atoms with van der Waals surface area (Å²) in [5.41, 5.74) is -0.406. The van der Waals surface area contributed by atoms with E-state index in [1.807, 2.05) is 35.2 Å². The van der Waals surface area contributed by atoms with Crippen molar-refractivity contribution >= 4 is 11.9 Å². The minimum atomic E-state index is -1.18. The van der Waals surface area contributed by atoms with Gasteiger partial charge in [-0.15, -0.1) is 5.11 Å². The van der Waals surface area contributed by atoms with Gasteiger partial charge < -0.3 is 9.64 Å². The molecule has 132 valence electrons. The molecule has 0 N–H and O–H groups in total. The van der Waals surface area contributed by atoms with Gasteiger partial charge in [0.15, 0.2) is 6.04 Å². The van der Waals surface area contributed by atoms with E-state index in [2.05, 4.69) is 10.2 Å². The SMILES string of the molecule is CC(=O)O[C@@]1(c2ccccc2)N=N[C@H]2C(=O)N(C3CCCCC3)C[C@H]21. The summed E-state index contributed by atoms with van der Waals surface area (Å²) in [5.74, 6) is -0.633. The summed E-state index contributed by atoms with van der Waals surface area (Å²) in [6, 6.07) is 9.20. The molecule has 2 fully saturated rings. The molecule has 6 heteroatoms. The average Bonchev–Trinajstić information content (AvgIpc) is 3.15. The van der Waals surface area contributed by atoms with Gasteiger partial charge in [-0.25, -0.2) is 0 Å². The van der Waals surface area contributed by atoms with E-state index < -0.39 is 17.7 Å². The van der Waals surface area contributed by atoms with Crippen LogP contribution in [0, 0.1) is 5.92 Å². The number of rotatable bonds is 3. The lowest BCUT2D eigenvalue weighted by Crippen LogP contribution is -2.41. The smallest absolute Gasteiger partial charge is 0.305 e. The fraction of sp³-hybridized carbons (Fsp3) is 0.579. The summed E-state index contributed by atoms with van der Waals surface area (Å²) < 4.78 is 5.70. The van der Waals surface area contributed by atoms with Gasteiger partial charge in [-0.1, -0.05) is 49.6 Å². The van der Waals surface area contributed by atoms with Crippen LogP contribution in [-0.2, 0) is 20.1 Å². The van der Waals surface area contributed by atoms with Crippen LogP contribution in [0.1, 0.15) is 44.6 Å². The van der Waals surface area contributed by atoms with Gasteiger partial charge in [-0.05, 0) is 12.8 Å². The van der Waals surface area contributed by atoms with Crippen LogP contribution in [0.3, 0.4) is 0 Å². The van der Waals surface area contributed by atoms with Gasteiger partial charge in [0, 0.05) is 25.1 Å². The molecule has 1 saturated heterocycles. The standard InChI is InChI=1S/C19H23N3O3/c1-13(23)25-19(14-8-4-2-5-9-14)16-12-22(15-10-6-3-7-11-15)18(24)17(16)20-21-19/h2,4-5,8-9,15-17H,3,6-7,10-12H2,1H3/t16-,17-,19-/m1/s1. The van der Waals surface area contributed by atoms with Crippen LogP contribution in [0.25, 0.3) is 0 Å². The van der Waals surface area contributed by atoms with E-state index in [0.29, 0.717) is 6.54 Å². The fourth-order valence-electron chi connectivity index (χ4n) is 4.48. The number of carbonyl (C=O) groups excluding carboxylic acids is 2. The highest BCUT2D eigenvalue weighted by atomic mass is 16.6. The van der Waals surface area contributed by atoms with E-state index in [1.54, 1.807) is 0 Å². The monoisotopic (exact) mass is 341 g/mol. The van der Waals surface area contributed by atoms with E-state index in [1.165, 1.54) is 26.2 Å². The van der Waals surface area contributed by atoms with Gasteiger partial charge in [0.05, 0.1) is 5.92 Å². The Labute approximate surface area is 147 Å². The Balaban J connectivity index is 1.67. The number of amides is 1. The Bertz CT molecular complexity index is 699. The van der Waals surface area contributed by atoms with Gasteiger partial charge in [0.25, 0.3) is 5.72 Å². The number of likely N-dealkylation sites (tertiary alicyclic amines) is 1. The van der Waals surface area contributed by atoms with Gasteiger partial charge >= 0.3 is 5.97 Å². The van der Waals surface area contributed by atoms with Gasteiger partial charge in [-0.2, -0.15) is 5.11 Å². The molecule has 1 aromatic carbocycles. The third-order valence-electron chi connectivity index (χ3n) is 5.65. The Morgan fingerprint density at radius 2 is 1.92 bits per heavy atom. The zero-order valence-corrected chi connectivity index (χ0v) is 14.4. The summed E-state index contributed by atoms with van der Waals surface area (Å²) in [6.45, 7) is 1.92. The van der Waals surface area contributed by atoms with E-state index >= 15 is 0 Å². The summed E-state index contributed by atoms with van der Waals surface area (Å²) in [5, 5.41) is 8.59. The topological polar surface area (TPSA) is 71.3 Å². The zero-order valence-electron chi connectivity index (χ0n) is 14.4. The molecule has 25 heavy (non-hydrogen) atoms. The summed E-state index contributed by atoms with van der Waals surface area (Å²) >= 11 is 0. The molecule has 1 aliphatic carbocycles. The van der Waals surface area contributed by atoms with Crippen molar-refractivity contribution in [3.05, 3.63) is 35.9 Å². The zero-order chi connectivity index (χ0) is 17.4. The summed E-state index contributed by atoms with van der Waals surface area (Å²) in [4.78, 5) is 26.7. The molecular formula is C19H23N3O3. The second kappa shape index (κ2) is 6.24. The van der Waals surface area contributed by atoms with E-state index in [9.17, 15) is 9.59 Å². The lowest BCUT2D eigenvalue weighted by atomic mass is 9.87. The van der Waals surface area contributed by atoms with Gasteiger partial charge in [0.2, 0.25) is 5.91 Å². The number of hydrogen-bond donors (Lipinski definition) is 0. The quantitative estimate of drug-likeness (QED) is 0.793. The Kier molecular flexibility index (Phi) is 4.06. The van der Waals surface area contributed by atoms with E-state index in [0.717, 1.165) is 18.4 Å². The van der Waals surface area contributed by atoms with Crippen molar-refractivity contribution in [1.29, 1.82) is 0 Å². The van der Waals surface area contributed by atoms with Gasteiger partial charge in [0.1, 0.15) is 0 Å². The van der Waals surface area contributed by atoms with Crippen LogP contribution < -0.4 is 0 Å². The molecule has 4 rings (SSSR count). The molecule has 0 unspecified atom stereocenters. The second-order valence-corrected chi connectivity index (χ2v) is 7.21. The van der Waals surface area contributed by atoms with Crippen molar-refractivity contribution in [2.45, 2.75) is 56.8 Å². The minimum absolute atomic E-state index is 0.0330. The first-order valence-corrected chi connectivity index (χ1v) is 9.09. The normalized spacial score (nSPS) is 32.0. The third kappa shape index (κ3) is 2.64. The van der Waals surface area contributed by atoms with Crippen molar-refractivity contribution in [2.75, 3.05) is 6.54 Å². The number of hydrogen-bond acceptors (Lipinski definition) is 5. The van der Waals surface area contributed by atoms with E-state index in [-0.39, 0.29) is 17.9 Å².